The number of benzene rings is 1. The van der Waals surface area contributed by atoms with Crippen LogP contribution in [0.15, 0.2) is 35.6 Å². The highest BCUT2D eigenvalue weighted by Gasteiger charge is 2.22. The van der Waals surface area contributed by atoms with Gasteiger partial charge < -0.3 is 4.74 Å². The number of thioether (sulfide) groups is 1. The quantitative estimate of drug-likeness (QED) is 0.252. The van der Waals surface area contributed by atoms with Crippen LogP contribution in [0.4, 0.5) is 0 Å². The SMILES string of the molecule is C[C@H]1CCc2c(sc3ncnc(SCCCCOc4ccc(Cl)cc4)c23)C1. The van der Waals surface area contributed by atoms with Gasteiger partial charge in [-0.2, -0.15) is 0 Å². The summed E-state index contributed by atoms with van der Waals surface area (Å²) in [7, 11) is 0. The Bertz CT molecular complexity index is 910. The van der Waals surface area contributed by atoms with Gasteiger partial charge in [-0.25, -0.2) is 9.97 Å². The Morgan fingerprint density at radius 3 is 2.93 bits per heavy atom. The van der Waals surface area contributed by atoms with E-state index >= 15 is 0 Å². The summed E-state index contributed by atoms with van der Waals surface area (Å²) in [6.45, 7) is 3.08. The van der Waals surface area contributed by atoms with Crippen LogP contribution < -0.4 is 4.74 Å². The maximum Gasteiger partial charge on any atom is 0.128 e. The van der Waals surface area contributed by atoms with Crippen molar-refractivity contribution in [2.75, 3.05) is 12.4 Å². The van der Waals surface area contributed by atoms with Crippen LogP contribution in [-0.4, -0.2) is 22.3 Å². The van der Waals surface area contributed by atoms with E-state index in [1.165, 1.54) is 35.1 Å². The second-order valence-electron chi connectivity index (χ2n) is 7.07. The fourth-order valence-corrected chi connectivity index (χ4v) is 6.02. The molecule has 142 valence electrons. The topological polar surface area (TPSA) is 35.0 Å². The van der Waals surface area contributed by atoms with Crippen LogP contribution in [0.25, 0.3) is 10.2 Å². The first kappa shape index (κ1) is 19.0. The zero-order valence-corrected chi connectivity index (χ0v) is 17.8. The third kappa shape index (κ3) is 4.58. The smallest absolute Gasteiger partial charge is 0.128 e. The molecule has 0 N–H and O–H groups in total. The van der Waals surface area contributed by atoms with Gasteiger partial charge in [0.2, 0.25) is 0 Å². The Balaban J connectivity index is 1.31. The number of aromatic nitrogens is 2. The third-order valence-electron chi connectivity index (χ3n) is 4.92. The molecule has 4 rings (SSSR count). The van der Waals surface area contributed by atoms with Crippen LogP contribution in [0.3, 0.4) is 0 Å². The molecular formula is C21H23ClN2OS2. The van der Waals surface area contributed by atoms with Crippen LogP contribution in [0, 0.1) is 5.92 Å². The minimum atomic E-state index is 0.729. The predicted octanol–water partition coefficient (Wildman–Crippen LogP) is 6.42. The Morgan fingerprint density at radius 1 is 1.22 bits per heavy atom. The Labute approximate surface area is 173 Å². The number of thiophene rings is 1. The van der Waals surface area contributed by atoms with E-state index < -0.39 is 0 Å². The molecule has 1 atom stereocenters. The van der Waals surface area contributed by atoms with Crippen molar-refractivity contribution in [3.63, 3.8) is 0 Å². The van der Waals surface area contributed by atoms with Gasteiger partial charge in [0, 0.05) is 15.3 Å². The molecule has 1 aliphatic rings. The molecule has 2 aromatic heterocycles. The van der Waals surface area contributed by atoms with E-state index in [1.807, 2.05) is 47.4 Å². The van der Waals surface area contributed by atoms with Crippen molar-refractivity contribution in [1.82, 2.24) is 9.97 Å². The van der Waals surface area contributed by atoms with E-state index in [0.717, 1.165) is 51.7 Å². The molecule has 2 heterocycles. The maximum atomic E-state index is 5.89. The lowest BCUT2D eigenvalue weighted by atomic mass is 9.89. The highest BCUT2D eigenvalue weighted by atomic mass is 35.5. The zero-order valence-electron chi connectivity index (χ0n) is 15.4. The van der Waals surface area contributed by atoms with Gasteiger partial charge in [0.1, 0.15) is 21.9 Å². The van der Waals surface area contributed by atoms with Gasteiger partial charge in [-0.05, 0) is 73.6 Å². The summed E-state index contributed by atoms with van der Waals surface area (Å²) in [6.07, 6.45) is 7.50. The fourth-order valence-electron chi connectivity index (χ4n) is 3.45. The molecule has 6 heteroatoms. The van der Waals surface area contributed by atoms with Crippen molar-refractivity contribution in [2.45, 2.75) is 44.1 Å². The predicted molar refractivity (Wildman–Crippen MR) is 116 cm³/mol. The molecule has 1 aromatic carbocycles. The van der Waals surface area contributed by atoms with Crippen LogP contribution >= 0.6 is 34.7 Å². The molecule has 0 fully saturated rings. The van der Waals surface area contributed by atoms with Crippen molar-refractivity contribution < 1.29 is 4.74 Å². The van der Waals surface area contributed by atoms with E-state index in [4.69, 9.17) is 16.3 Å². The van der Waals surface area contributed by atoms with Crippen LogP contribution in [0.5, 0.6) is 5.75 Å². The van der Waals surface area contributed by atoms with E-state index in [1.54, 1.807) is 6.33 Å². The molecule has 27 heavy (non-hydrogen) atoms. The number of nitrogens with zero attached hydrogens (tertiary/aromatic N) is 2. The highest BCUT2D eigenvalue weighted by molar-refractivity contribution is 7.99. The average Bonchev–Trinajstić information content (AvgIpc) is 3.04. The molecule has 0 bridgehead atoms. The highest BCUT2D eigenvalue weighted by Crippen LogP contribution is 2.40. The van der Waals surface area contributed by atoms with Gasteiger partial charge in [-0.15, -0.1) is 23.1 Å². The lowest BCUT2D eigenvalue weighted by Crippen LogP contribution is -2.08. The summed E-state index contributed by atoms with van der Waals surface area (Å²) in [5, 5.41) is 3.22. The maximum absolute atomic E-state index is 5.89. The molecule has 3 aromatic rings. The van der Waals surface area contributed by atoms with Gasteiger partial charge >= 0.3 is 0 Å². The Kier molecular flexibility index (Phi) is 6.21. The van der Waals surface area contributed by atoms with Gasteiger partial charge in [0.25, 0.3) is 0 Å². The summed E-state index contributed by atoms with van der Waals surface area (Å²) in [5.41, 5.74) is 1.52. The van der Waals surface area contributed by atoms with Gasteiger partial charge in [-0.3, -0.25) is 0 Å². The number of ether oxygens (including phenoxy) is 1. The molecule has 0 unspecified atom stereocenters. The molecule has 3 nitrogen and oxygen atoms in total. The van der Waals surface area contributed by atoms with Crippen molar-refractivity contribution >= 4 is 44.9 Å². The van der Waals surface area contributed by atoms with Gasteiger partial charge in [0.05, 0.1) is 6.61 Å². The van der Waals surface area contributed by atoms with E-state index in [-0.39, 0.29) is 0 Å². The number of rotatable bonds is 7. The fraction of sp³-hybridized carbons (Fsp3) is 0.429. The van der Waals surface area contributed by atoms with E-state index in [0.29, 0.717) is 0 Å². The first-order valence-corrected chi connectivity index (χ1v) is 11.6. The second kappa shape index (κ2) is 8.80. The molecule has 1 aliphatic carbocycles. The van der Waals surface area contributed by atoms with Crippen LogP contribution in [0.1, 0.15) is 36.6 Å². The minimum absolute atomic E-state index is 0.729. The van der Waals surface area contributed by atoms with E-state index in [2.05, 4.69) is 16.9 Å². The van der Waals surface area contributed by atoms with Crippen molar-refractivity contribution in [2.24, 2.45) is 5.92 Å². The lowest BCUT2D eigenvalue weighted by Gasteiger charge is -2.18. The summed E-state index contributed by atoms with van der Waals surface area (Å²) in [6, 6.07) is 7.54. The van der Waals surface area contributed by atoms with Crippen molar-refractivity contribution in [3.8, 4) is 5.75 Å². The van der Waals surface area contributed by atoms with Crippen molar-refractivity contribution in [1.29, 1.82) is 0 Å². The molecular weight excluding hydrogens is 396 g/mol. The largest absolute Gasteiger partial charge is 0.494 e. The molecule has 0 aliphatic heterocycles. The zero-order chi connectivity index (χ0) is 18.6. The monoisotopic (exact) mass is 418 g/mol. The number of hydrogen-bond donors (Lipinski definition) is 0. The van der Waals surface area contributed by atoms with Crippen molar-refractivity contribution in [3.05, 3.63) is 46.1 Å². The van der Waals surface area contributed by atoms with Crippen LogP contribution in [0.2, 0.25) is 5.02 Å². The summed E-state index contributed by atoms with van der Waals surface area (Å²) < 4.78 is 5.76. The molecule has 0 amide bonds. The van der Waals surface area contributed by atoms with E-state index in [9.17, 15) is 0 Å². The lowest BCUT2D eigenvalue weighted by molar-refractivity contribution is 0.310. The van der Waals surface area contributed by atoms with Gasteiger partial charge in [-0.1, -0.05) is 18.5 Å². The third-order valence-corrected chi connectivity index (χ3v) is 7.41. The standard InChI is InChI=1S/C21H23ClN2OS2/c1-14-4-9-17-18(12-14)27-21-19(17)20(23-13-24-21)26-11-3-2-10-25-16-7-5-15(22)6-8-16/h5-8,13-14H,2-4,9-12H2,1H3/t14-/m0/s1. The van der Waals surface area contributed by atoms with Gasteiger partial charge in [0.15, 0.2) is 0 Å². The average molecular weight is 419 g/mol. The number of hydrogen-bond acceptors (Lipinski definition) is 5. The number of unbranched alkanes of at least 4 members (excludes halogenated alkanes) is 1. The first-order valence-electron chi connectivity index (χ1n) is 9.47. The molecule has 0 saturated heterocycles. The summed E-state index contributed by atoms with van der Waals surface area (Å²) in [4.78, 5) is 11.8. The summed E-state index contributed by atoms with van der Waals surface area (Å²) in [5.74, 6) is 2.72. The Hall–Kier alpha value is -1.30. The number of halogens is 1. The molecule has 0 radical (unpaired) electrons. The molecule has 0 spiro atoms. The summed E-state index contributed by atoms with van der Waals surface area (Å²) >= 11 is 9.62. The normalized spacial score (nSPS) is 16.4. The Morgan fingerprint density at radius 2 is 2.07 bits per heavy atom. The molecule has 0 saturated carbocycles. The minimum Gasteiger partial charge on any atom is -0.494 e. The van der Waals surface area contributed by atoms with Crippen LogP contribution in [-0.2, 0) is 12.8 Å². The second-order valence-corrected chi connectivity index (χ2v) is 9.67. The number of fused-ring (bicyclic) bond motifs is 3. The number of aryl methyl sites for hydroxylation is 1. The first-order chi connectivity index (χ1) is 13.2.